The van der Waals surface area contributed by atoms with E-state index in [0.29, 0.717) is 0 Å². The van der Waals surface area contributed by atoms with Crippen LogP contribution in [-0.2, 0) is 4.74 Å². The average Bonchev–Trinajstić information content (AvgIpc) is 2.58. The lowest BCUT2D eigenvalue weighted by Crippen LogP contribution is -2.34. The molecule has 0 bridgehead atoms. The minimum absolute atomic E-state index is 0.0358. The van der Waals surface area contributed by atoms with Gasteiger partial charge in [-0.25, -0.2) is 4.79 Å². The fourth-order valence-electron chi connectivity index (χ4n) is 2.88. The third kappa shape index (κ3) is 2.27. The normalized spacial score (nSPS) is 15.4. The summed E-state index contributed by atoms with van der Waals surface area (Å²) in [5, 5.41) is 20.9. The molecule has 0 spiro atoms. The van der Waals surface area contributed by atoms with Gasteiger partial charge in [-0.15, -0.1) is 0 Å². The molecule has 1 aromatic carbocycles. The summed E-state index contributed by atoms with van der Waals surface area (Å²) < 4.78 is 11.6. The van der Waals surface area contributed by atoms with E-state index in [2.05, 4.69) is 20.7 Å². The molecule has 10 heteroatoms. The lowest BCUT2D eigenvalue weighted by molar-refractivity contribution is -0.383. The molecule has 0 fully saturated rings. The van der Waals surface area contributed by atoms with Crippen molar-refractivity contribution in [3.05, 3.63) is 42.1 Å². The molecule has 0 saturated heterocycles. The van der Waals surface area contributed by atoms with Crippen molar-refractivity contribution in [3.8, 4) is 11.8 Å². The molecule has 0 saturated carbocycles. The molecule has 1 atom stereocenters. The second-order valence-corrected chi connectivity index (χ2v) is 6.18. The Labute approximate surface area is 148 Å². The maximum atomic E-state index is 12.7. The first-order chi connectivity index (χ1) is 11.8. The molecule has 128 valence electrons. The number of methoxy groups -OCH3 is 1. The van der Waals surface area contributed by atoms with E-state index in [0.717, 1.165) is 13.2 Å². The van der Waals surface area contributed by atoms with Gasteiger partial charge in [0.1, 0.15) is 29.3 Å². The van der Waals surface area contributed by atoms with Crippen LogP contribution in [-0.4, -0.2) is 29.2 Å². The Bertz CT molecular complexity index is 1050. The van der Waals surface area contributed by atoms with E-state index in [-0.39, 0.29) is 38.9 Å². The monoisotopic (exact) mass is 407 g/mol. The Morgan fingerprint density at radius 2 is 2.28 bits per heavy atom. The smallest absolute Gasteiger partial charge is 0.343 e. The number of hydrogen-bond donors (Lipinski definition) is 0. The fourth-order valence-corrected chi connectivity index (χ4v) is 3.46. The Balaban J connectivity index is 2.66. The predicted molar refractivity (Wildman–Crippen MR) is 88.8 cm³/mol. The second kappa shape index (κ2) is 5.86. The average molecular weight is 408 g/mol. The second-order valence-electron chi connectivity index (χ2n) is 5.38. The molecular formula is C15H10BrN3O6. The SMILES string of the molecule is COC(=O)c1cc2c([N+](=O)[O-])c(C#N)c(Br)c3c2n(c1=O)[C@@H](C)CO3. The summed E-state index contributed by atoms with van der Waals surface area (Å²) in [6.07, 6.45) is 0. The highest BCUT2D eigenvalue weighted by Crippen LogP contribution is 2.45. The number of nitro benzene ring substituents is 1. The number of rotatable bonds is 2. The molecule has 1 aliphatic rings. The highest BCUT2D eigenvalue weighted by Gasteiger charge is 2.34. The van der Waals surface area contributed by atoms with Gasteiger partial charge >= 0.3 is 5.97 Å². The first-order valence-corrected chi connectivity index (χ1v) is 7.83. The Kier molecular flexibility index (Phi) is 3.96. The number of carbonyl (C=O) groups excluding carboxylic acids is 1. The molecule has 0 unspecified atom stereocenters. The van der Waals surface area contributed by atoms with Crippen LogP contribution >= 0.6 is 15.9 Å². The van der Waals surface area contributed by atoms with Crippen LogP contribution in [0.4, 0.5) is 5.69 Å². The molecule has 1 aliphatic heterocycles. The van der Waals surface area contributed by atoms with Crippen LogP contribution in [0, 0.1) is 21.4 Å². The summed E-state index contributed by atoms with van der Waals surface area (Å²) in [5.41, 5.74) is -1.58. The van der Waals surface area contributed by atoms with Crippen LogP contribution < -0.4 is 10.3 Å². The van der Waals surface area contributed by atoms with Crippen molar-refractivity contribution in [2.75, 3.05) is 13.7 Å². The van der Waals surface area contributed by atoms with Gasteiger partial charge in [-0.1, -0.05) is 0 Å². The fraction of sp³-hybridized carbons (Fsp3) is 0.267. The standard InChI is InChI=1S/C15H10BrN3O6/c1-6-5-25-13-10(16)9(4-17)11(19(22)23)7-3-8(15(21)24-2)14(20)18(6)12(7)13/h3,6H,5H2,1-2H3/t6-/m0/s1. The quantitative estimate of drug-likeness (QED) is 0.424. The minimum atomic E-state index is -0.911. The van der Waals surface area contributed by atoms with Gasteiger partial charge in [0.2, 0.25) is 0 Å². The number of halogens is 1. The Hall–Kier alpha value is -2.93. The number of carbonyl (C=O) groups is 1. The van der Waals surface area contributed by atoms with Crippen molar-refractivity contribution in [2.45, 2.75) is 13.0 Å². The van der Waals surface area contributed by atoms with Gasteiger partial charge in [0.05, 0.1) is 27.9 Å². The number of ether oxygens (including phenoxy) is 2. The van der Waals surface area contributed by atoms with E-state index in [1.54, 1.807) is 13.0 Å². The predicted octanol–water partition coefficient (Wildman–Crippen LogP) is 2.28. The van der Waals surface area contributed by atoms with E-state index >= 15 is 0 Å². The zero-order valence-corrected chi connectivity index (χ0v) is 14.6. The molecule has 25 heavy (non-hydrogen) atoms. The van der Waals surface area contributed by atoms with Crippen molar-refractivity contribution in [1.82, 2.24) is 4.57 Å². The number of benzene rings is 1. The van der Waals surface area contributed by atoms with Crippen LogP contribution in [0.2, 0.25) is 0 Å². The molecule has 3 rings (SSSR count). The number of nitro groups is 1. The molecule has 2 heterocycles. The van der Waals surface area contributed by atoms with E-state index < -0.39 is 28.2 Å². The number of hydrogen-bond acceptors (Lipinski definition) is 7. The molecule has 0 radical (unpaired) electrons. The first kappa shape index (κ1) is 16.9. The molecule has 0 amide bonds. The summed E-state index contributed by atoms with van der Waals surface area (Å²) in [6.45, 7) is 1.79. The Morgan fingerprint density at radius 1 is 1.60 bits per heavy atom. The number of nitriles is 1. The number of pyridine rings is 1. The van der Waals surface area contributed by atoms with Crippen molar-refractivity contribution in [3.63, 3.8) is 0 Å². The van der Waals surface area contributed by atoms with Crippen molar-refractivity contribution in [2.24, 2.45) is 0 Å². The maximum absolute atomic E-state index is 12.7. The van der Waals surface area contributed by atoms with Crippen molar-refractivity contribution in [1.29, 1.82) is 5.26 Å². The molecular weight excluding hydrogens is 398 g/mol. The van der Waals surface area contributed by atoms with E-state index in [9.17, 15) is 25.0 Å². The molecule has 0 N–H and O–H groups in total. The lowest BCUT2D eigenvalue weighted by Gasteiger charge is -2.27. The topological polar surface area (TPSA) is 124 Å². The van der Waals surface area contributed by atoms with Gasteiger partial charge in [0, 0.05) is 0 Å². The Morgan fingerprint density at radius 3 is 2.84 bits per heavy atom. The van der Waals surface area contributed by atoms with Crippen LogP contribution in [0.15, 0.2) is 15.3 Å². The van der Waals surface area contributed by atoms with E-state index in [1.807, 2.05) is 0 Å². The lowest BCUT2D eigenvalue weighted by atomic mass is 10.0. The summed E-state index contributed by atoms with van der Waals surface area (Å²) >= 11 is 3.16. The number of aromatic nitrogens is 1. The minimum Gasteiger partial charge on any atom is -0.488 e. The van der Waals surface area contributed by atoms with Crippen LogP contribution in [0.3, 0.4) is 0 Å². The summed E-state index contributed by atoms with van der Waals surface area (Å²) in [4.78, 5) is 35.5. The molecule has 9 nitrogen and oxygen atoms in total. The van der Waals surface area contributed by atoms with Gasteiger partial charge in [0.15, 0.2) is 5.75 Å². The summed E-state index contributed by atoms with van der Waals surface area (Å²) in [5.74, 6) is -0.754. The van der Waals surface area contributed by atoms with Gasteiger partial charge in [-0.05, 0) is 28.9 Å². The van der Waals surface area contributed by atoms with Crippen molar-refractivity contribution >= 4 is 38.5 Å². The van der Waals surface area contributed by atoms with Crippen LogP contribution in [0.25, 0.3) is 10.9 Å². The highest BCUT2D eigenvalue weighted by atomic mass is 79.9. The van der Waals surface area contributed by atoms with Gasteiger partial charge in [-0.2, -0.15) is 5.26 Å². The van der Waals surface area contributed by atoms with E-state index in [4.69, 9.17) is 4.74 Å². The third-order valence-corrected chi connectivity index (χ3v) is 4.73. The van der Waals surface area contributed by atoms with Gasteiger partial charge < -0.3 is 9.47 Å². The maximum Gasteiger partial charge on any atom is 0.343 e. The zero-order valence-electron chi connectivity index (χ0n) is 13.0. The largest absolute Gasteiger partial charge is 0.488 e. The van der Waals surface area contributed by atoms with Gasteiger partial charge in [-0.3, -0.25) is 19.5 Å². The molecule has 0 aliphatic carbocycles. The number of esters is 1. The third-order valence-electron chi connectivity index (χ3n) is 3.97. The van der Waals surface area contributed by atoms with Gasteiger partial charge in [0.25, 0.3) is 11.2 Å². The number of nitrogens with zero attached hydrogens (tertiary/aromatic N) is 3. The van der Waals surface area contributed by atoms with Crippen LogP contribution in [0.1, 0.15) is 28.9 Å². The summed E-state index contributed by atoms with van der Waals surface area (Å²) in [7, 11) is 1.11. The van der Waals surface area contributed by atoms with Crippen LogP contribution in [0.5, 0.6) is 5.75 Å². The van der Waals surface area contributed by atoms with Crippen molar-refractivity contribution < 1.29 is 19.2 Å². The zero-order chi connectivity index (χ0) is 18.5. The first-order valence-electron chi connectivity index (χ1n) is 7.03. The van der Waals surface area contributed by atoms with E-state index in [1.165, 1.54) is 4.57 Å². The molecule has 1 aromatic heterocycles. The highest BCUT2D eigenvalue weighted by molar-refractivity contribution is 9.10. The molecule has 2 aromatic rings. The summed E-state index contributed by atoms with van der Waals surface area (Å²) in [6, 6.07) is 2.39.